The summed E-state index contributed by atoms with van der Waals surface area (Å²) in [7, 11) is 3.99. The highest BCUT2D eigenvalue weighted by atomic mass is 79.9. The molecule has 0 unspecified atom stereocenters. The predicted molar refractivity (Wildman–Crippen MR) is 51.5 cm³/mol. The molecular formula is C7H9BrN2S. The molecule has 0 fully saturated rings. The fraction of sp³-hybridized carbons (Fsp3) is 0.286. The molecule has 0 radical (unpaired) electrons. The number of rotatable bonds is 2. The average molecular weight is 233 g/mol. The van der Waals surface area contributed by atoms with Gasteiger partial charge in [-0.15, -0.1) is 0 Å². The molecule has 0 N–H and O–H groups in total. The molecule has 0 amide bonds. The summed E-state index contributed by atoms with van der Waals surface area (Å²) in [5.74, 6) is 0. The number of hydrogen-bond acceptors (Lipinski definition) is 3. The van der Waals surface area contributed by atoms with Gasteiger partial charge in [-0.3, -0.25) is 4.31 Å². The van der Waals surface area contributed by atoms with Crippen molar-refractivity contribution in [3.63, 3.8) is 0 Å². The van der Waals surface area contributed by atoms with Crippen LogP contribution in [-0.2, 0) is 0 Å². The maximum Gasteiger partial charge on any atom is 0.112 e. The third kappa shape index (κ3) is 3.22. The van der Waals surface area contributed by atoms with Gasteiger partial charge in [0, 0.05) is 0 Å². The van der Waals surface area contributed by atoms with Crippen molar-refractivity contribution >= 4 is 27.9 Å². The van der Waals surface area contributed by atoms with Gasteiger partial charge in [0.2, 0.25) is 0 Å². The Bertz CT molecular complexity index is 240. The van der Waals surface area contributed by atoms with Crippen molar-refractivity contribution in [1.82, 2.24) is 9.29 Å². The minimum Gasteiger partial charge on any atom is -0.251 e. The van der Waals surface area contributed by atoms with E-state index in [9.17, 15) is 0 Å². The molecule has 0 aliphatic rings. The Labute approximate surface area is 79.3 Å². The van der Waals surface area contributed by atoms with Crippen molar-refractivity contribution in [2.75, 3.05) is 14.1 Å². The van der Waals surface area contributed by atoms with Crippen LogP contribution in [0.2, 0.25) is 0 Å². The van der Waals surface area contributed by atoms with Crippen LogP contribution >= 0.6 is 27.9 Å². The maximum absolute atomic E-state index is 4.25. The first kappa shape index (κ1) is 9.03. The van der Waals surface area contributed by atoms with Crippen LogP contribution in [0.4, 0.5) is 0 Å². The highest BCUT2D eigenvalue weighted by Gasteiger charge is 1.96. The van der Waals surface area contributed by atoms with E-state index in [1.807, 2.05) is 36.6 Å². The minimum absolute atomic E-state index is 0.879. The lowest BCUT2D eigenvalue weighted by atomic mass is 10.5. The minimum atomic E-state index is 0.879. The first-order valence-electron chi connectivity index (χ1n) is 3.16. The first-order valence-corrected chi connectivity index (χ1v) is 4.73. The maximum atomic E-state index is 4.25. The van der Waals surface area contributed by atoms with Crippen LogP contribution in [-0.4, -0.2) is 23.4 Å². The lowest BCUT2D eigenvalue weighted by Crippen LogP contribution is -1.99. The van der Waals surface area contributed by atoms with Gasteiger partial charge in [-0.1, -0.05) is 6.07 Å². The van der Waals surface area contributed by atoms with Crippen molar-refractivity contribution in [2.24, 2.45) is 0 Å². The molecule has 0 saturated heterocycles. The number of halogens is 1. The van der Waals surface area contributed by atoms with Crippen molar-refractivity contribution in [2.45, 2.75) is 5.03 Å². The quantitative estimate of drug-likeness (QED) is 0.576. The Kier molecular flexibility index (Phi) is 3.36. The van der Waals surface area contributed by atoms with E-state index in [0.29, 0.717) is 0 Å². The predicted octanol–water partition coefficient (Wildman–Crippen LogP) is 2.41. The third-order valence-electron chi connectivity index (χ3n) is 0.966. The molecule has 1 heterocycles. The number of hydrogen-bond donors (Lipinski definition) is 0. The van der Waals surface area contributed by atoms with Crippen molar-refractivity contribution in [3.8, 4) is 0 Å². The molecule has 1 aromatic rings. The van der Waals surface area contributed by atoms with Gasteiger partial charge in [-0.25, -0.2) is 4.98 Å². The van der Waals surface area contributed by atoms with Gasteiger partial charge in [0.05, 0.1) is 0 Å². The van der Waals surface area contributed by atoms with E-state index in [2.05, 4.69) is 20.9 Å². The van der Waals surface area contributed by atoms with E-state index in [4.69, 9.17) is 0 Å². The molecule has 4 heteroatoms. The van der Waals surface area contributed by atoms with Gasteiger partial charge in [-0.2, -0.15) is 0 Å². The highest BCUT2D eigenvalue weighted by molar-refractivity contribution is 9.10. The fourth-order valence-electron chi connectivity index (χ4n) is 0.628. The second-order valence-corrected chi connectivity index (χ2v) is 4.35. The van der Waals surface area contributed by atoms with Gasteiger partial charge in [0.25, 0.3) is 0 Å². The molecular weight excluding hydrogens is 224 g/mol. The molecule has 0 bridgehead atoms. The van der Waals surface area contributed by atoms with Crippen LogP contribution in [0.5, 0.6) is 0 Å². The van der Waals surface area contributed by atoms with E-state index in [1.54, 1.807) is 11.9 Å². The Morgan fingerprint density at radius 2 is 2.18 bits per heavy atom. The average Bonchev–Trinajstić information content (AvgIpc) is 1.85. The van der Waals surface area contributed by atoms with Gasteiger partial charge >= 0.3 is 0 Å². The molecule has 1 rings (SSSR count). The summed E-state index contributed by atoms with van der Waals surface area (Å²) >= 11 is 4.91. The van der Waals surface area contributed by atoms with E-state index >= 15 is 0 Å². The molecule has 60 valence electrons. The number of nitrogens with zero attached hydrogens (tertiary/aromatic N) is 2. The monoisotopic (exact) mass is 232 g/mol. The van der Waals surface area contributed by atoms with Crippen LogP contribution < -0.4 is 0 Å². The summed E-state index contributed by atoms with van der Waals surface area (Å²) in [6, 6.07) is 5.87. The Morgan fingerprint density at radius 1 is 1.45 bits per heavy atom. The van der Waals surface area contributed by atoms with Crippen LogP contribution in [0.1, 0.15) is 0 Å². The zero-order chi connectivity index (χ0) is 8.27. The lowest BCUT2D eigenvalue weighted by molar-refractivity contribution is 0.699. The summed E-state index contributed by atoms with van der Waals surface area (Å²) in [4.78, 5) is 4.25. The molecule has 11 heavy (non-hydrogen) atoms. The second-order valence-electron chi connectivity index (χ2n) is 2.20. The molecule has 0 aliphatic carbocycles. The smallest absolute Gasteiger partial charge is 0.112 e. The summed E-state index contributed by atoms with van der Waals surface area (Å²) in [6.07, 6.45) is 0. The van der Waals surface area contributed by atoms with E-state index < -0.39 is 0 Å². The molecule has 0 aliphatic heterocycles. The normalized spacial score (nSPS) is 10.5. The van der Waals surface area contributed by atoms with Crippen LogP contribution in [0, 0.1) is 0 Å². The molecule has 0 saturated carbocycles. The van der Waals surface area contributed by atoms with Gasteiger partial charge < -0.3 is 0 Å². The van der Waals surface area contributed by atoms with Crippen LogP contribution in [0.25, 0.3) is 0 Å². The summed E-state index contributed by atoms with van der Waals surface area (Å²) in [5.41, 5.74) is 0. The van der Waals surface area contributed by atoms with Gasteiger partial charge in [-0.05, 0) is 54.1 Å². The molecule has 2 nitrogen and oxygen atoms in total. The molecule has 0 atom stereocenters. The van der Waals surface area contributed by atoms with E-state index in [-0.39, 0.29) is 0 Å². The van der Waals surface area contributed by atoms with Crippen LogP contribution in [0.15, 0.2) is 27.8 Å². The SMILES string of the molecule is CN(C)Sc1cccc(Br)n1. The van der Waals surface area contributed by atoms with Crippen molar-refractivity contribution in [3.05, 3.63) is 22.8 Å². The Morgan fingerprint density at radius 3 is 2.73 bits per heavy atom. The first-order chi connectivity index (χ1) is 5.18. The highest BCUT2D eigenvalue weighted by Crippen LogP contribution is 2.18. The van der Waals surface area contributed by atoms with Crippen molar-refractivity contribution < 1.29 is 0 Å². The molecule has 1 aromatic heterocycles. The largest absolute Gasteiger partial charge is 0.251 e. The Hall–Kier alpha value is -0.0600. The topological polar surface area (TPSA) is 16.1 Å². The molecule has 0 aromatic carbocycles. The zero-order valence-corrected chi connectivity index (χ0v) is 8.82. The lowest BCUT2D eigenvalue weighted by Gasteiger charge is -2.06. The number of aromatic nitrogens is 1. The standard InChI is InChI=1S/C7H9BrN2S/c1-10(2)11-7-5-3-4-6(8)9-7/h3-5H,1-2H3. The summed E-state index contributed by atoms with van der Waals surface area (Å²) < 4.78 is 2.89. The summed E-state index contributed by atoms with van der Waals surface area (Å²) in [5, 5.41) is 1.00. The second kappa shape index (κ2) is 4.09. The third-order valence-corrected chi connectivity index (χ3v) is 2.19. The van der Waals surface area contributed by atoms with E-state index in [0.717, 1.165) is 9.63 Å². The van der Waals surface area contributed by atoms with Gasteiger partial charge in [0.15, 0.2) is 0 Å². The van der Waals surface area contributed by atoms with Crippen LogP contribution in [0.3, 0.4) is 0 Å². The molecule has 0 spiro atoms. The zero-order valence-electron chi connectivity index (χ0n) is 6.41. The summed E-state index contributed by atoms with van der Waals surface area (Å²) in [6.45, 7) is 0. The van der Waals surface area contributed by atoms with Crippen molar-refractivity contribution in [1.29, 1.82) is 0 Å². The van der Waals surface area contributed by atoms with Gasteiger partial charge in [0.1, 0.15) is 9.63 Å². The fourth-order valence-corrected chi connectivity index (χ4v) is 1.74. The number of pyridine rings is 1. The van der Waals surface area contributed by atoms with E-state index in [1.165, 1.54) is 0 Å². The Balaban J connectivity index is 2.71.